The highest BCUT2D eigenvalue weighted by atomic mass is 79.9. The predicted octanol–water partition coefficient (Wildman–Crippen LogP) is 5.00. The molecule has 184 valence electrons. The van der Waals surface area contributed by atoms with Crippen molar-refractivity contribution in [3.8, 4) is 11.5 Å². The number of amides is 2. The molecule has 0 radical (unpaired) electrons. The molecule has 0 fully saturated rings. The minimum Gasteiger partial charge on any atom is -0.493 e. The Morgan fingerprint density at radius 2 is 1.57 bits per heavy atom. The third-order valence-electron chi connectivity index (χ3n) is 5.51. The van der Waals surface area contributed by atoms with E-state index >= 15 is 0 Å². The van der Waals surface area contributed by atoms with Gasteiger partial charge in [0.1, 0.15) is 6.04 Å². The summed E-state index contributed by atoms with van der Waals surface area (Å²) in [5.74, 6) is 0.549. The first kappa shape index (κ1) is 26.3. The second-order valence-electron chi connectivity index (χ2n) is 8.08. The number of hydrogen-bond acceptors (Lipinski definition) is 4. The average molecular weight is 539 g/mol. The Morgan fingerprint density at radius 3 is 2.23 bits per heavy atom. The number of hydrogen-bond donors (Lipinski definition) is 1. The van der Waals surface area contributed by atoms with Gasteiger partial charge in [-0.25, -0.2) is 0 Å². The summed E-state index contributed by atoms with van der Waals surface area (Å²) < 4.78 is 12.1. The summed E-state index contributed by atoms with van der Waals surface area (Å²) in [6.07, 6.45) is 1.20. The lowest BCUT2D eigenvalue weighted by atomic mass is 10.0. The van der Waals surface area contributed by atoms with Gasteiger partial charge in [0.25, 0.3) is 5.91 Å². The van der Waals surface area contributed by atoms with Gasteiger partial charge in [-0.05, 0) is 41.8 Å². The van der Waals surface area contributed by atoms with Crippen LogP contribution in [-0.4, -0.2) is 43.0 Å². The fraction of sp³-hybridized carbons (Fsp3) is 0.286. The van der Waals surface area contributed by atoms with E-state index in [0.29, 0.717) is 24.5 Å². The maximum Gasteiger partial charge on any atom is 0.261 e. The second kappa shape index (κ2) is 13.5. The smallest absolute Gasteiger partial charge is 0.261 e. The lowest BCUT2D eigenvalue weighted by molar-refractivity contribution is -0.142. The van der Waals surface area contributed by atoms with Crippen LogP contribution >= 0.6 is 15.9 Å². The van der Waals surface area contributed by atoms with Crippen molar-refractivity contribution in [2.75, 3.05) is 20.3 Å². The first-order valence-electron chi connectivity index (χ1n) is 11.6. The van der Waals surface area contributed by atoms with Gasteiger partial charge in [-0.15, -0.1) is 0 Å². The average Bonchev–Trinajstić information content (AvgIpc) is 2.89. The number of ether oxygens (including phenoxy) is 2. The summed E-state index contributed by atoms with van der Waals surface area (Å²) in [5, 5.41) is 2.97. The van der Waals surface area contributed by atoms with Crippen LogP contribution in [0.4, 0.5) is 0 Å². The molecule has 3 aromatic carbocycles. The Labute approximate surface area is 215 Å². The summed E-state index contributed by atoms with van der Waals surface area (Å²) in [6, 6.07) is 23.9. The molecule has 0 aromatic heterocycles. The van der Waals surface area contributed by atoms with Crippen LogP contribution in [-0.2, 0) is 22.6 Å². The van der Waals surface area contributed by atoms with Crippen molar-refractivity contribution in [3.05, 3.63) is 94.5 Å². The van der Waals surface area contributed by atoms with Crippen LogP contribution in [0.15, 0.2) is 83.3 Å². The van der Waals surface area contributed by atoms with Crippen molar-refractivity contribution in [1.82, 2.24) is 10.2 Å². The zero-order valence-electron chi connectivity index (χ0n) is 20.1. The number of nitrogens with one attached hydrogen (secondary N) is 1. The Hall–Kier alpha value is -3.32. The van der Waals surface area contributed by atoms with Gasteiger partial charge in [0.2, 0.25) is 5.91 Å². The van der Waals surface area contributed by atoms with Gasteiger partial charge in [-0.3, -0.25) is 9.59 Å². The van der Waals surface area contributed by atoms with Gasteiger partial charge in [0.15, 0.2) is 18.1 Å². The molecule has 6 nitrogen and oxygen atoms in total. The largest absolute Gasteiger partial charge is 0.493 e. The molecule has 0 aliphatic carbocycles. The third-order valence-corrected chi connectivity index (χ3v) is 6.04. The minimum atomic E-state index is -0.693. The maximum atomic E-state index is 13.6. The number of para-hydroxylation sites is 2. The monoisotopic (exact) mass is 538 g/mol. The number of nitrogens with zero attached hydrogens (tertiary/aromatic N) is 1. The molecule has 7 heteroatoms. The van der Waals surface area contributed by atoms with Gasteiger partial charge < -0.3 is 19.7 Å². The maximum absolute atomic E-state index is 13.6. The van der Waals surface area contributed by atoms with E-state index in [0.717, 1.165) is 22.0 Å². The highest BCUT2D eigenvalue weighted by Crippen LogP contribution is 2.26. The van der Waals surface area contributed by atoms with Crippen molar-refractivity contribution < 1.29 is 19.1 Å². The van der Waals surface area contributed by atoms with Crippen LogP contribution in [0.1, 0.15) is 24.5 Å². The summed E-state index contributed by atoms with van der Waals surface area (Å²) in [4.78, 5) is 28.5. The highest BCUT2D eigenvalue weighted by Gasteiger charge is 2.30. The van der Waals surface area contributed by atoms with Crippen LogP contribution < -0.4 is 14.8 Å². The van der Waals surface area contributed by atoms with E-state index in [1.54, 1.807) is 24.1 Å². The molecule has 1 N–H and O–H groups in total. The Bertz CT molecular complexity index is 1090. The number of carbonyl (C=O) groups is 2. The molecule has 0 heterocycles. The second-order valence-corrected chi connectivity index (χ2v) is 9.00. The summed E-state index contributed by atoms with van der Waals surface area (Å²) in [5.41, 5.74) is 1.89. The first-order valence-corrected chi connectivity index (χ1v) is 12.4. The molecule has 0 aliphatic rings. The predicted molar refractivity (Wildman–Crippen MR) is 140 cm³/mol. The van der Waals surface area contributed by atoms with Crippen LogP contribution in [0.2, 0.25) is 0 Å². The quantitative estimate of drug-likeness (QED) is 0.352. The summed E-state index contributed by atoms with van der Waals surface area (Å²) >= 11 is 3.45. The van der Waals surface area contributed by atoms with Gasteiger partial charge in [0, 0.05) is 24.0 Å². The molecular weight excluding hydrogens is 508 g/mol. The molecule has 35 heavy (non-hydrogen) atoms. The Balaban J connectivity index is 1.89. The van der Waals surface area contributed by atoms with Crippen molar-refractivity contribution >= 4 is 27.7 Å². The van der Waals surface area contributed by atoms with Crippen molar-refractivity contribution in [2.24, 2.45) is 0 Å². The van der Waals surface area contributed by atoms with Crippen LogP contribution in [0.25, 0.3) is 0 Å². The van der Waals surface area contributed by atoms with Crippen LogP contribution in [0.3, 0.4) is 0 Å². The Morgan fingerprint density at radius 1 is 0.914 bits per heavy atom. The molecule has 3 rings (SSSR count). The summed E-state index contributed by atoms with van der Waals surface area (Å²) in [7, 11) is 1.55. The normalized spacial score (nSPS) is 11.4. The lowest BCUT2D eigenvalue weighted by Gasteiger charge is -2.31. The number of halogens is 1. The molecule has 3 aromatic rings. The first-order chi connectivity index (χ1) is 17.0. The summed E-state index contributed by atoms with van der Waals surface area (Å²) in [6.45, 7) is 2.60. The molecular formula is C28H31BrN2O4. The van der Waals surface area contributed by atoms with Crippen molar-refractivity contribution in [2.45, 2.75) is 32.4 Å². The number of benzene rings is 3. The number of rotatable bonds is 12. The van der Waals surface area contributed by atoms with Crippen molar-refractivity contribution in [3.63, 3.8) is 0 Å². The van der Waals surface area contributed by atoms with E-state index in [1.807, 2.05) is 73.7 Å². The van der Waals surface area contributed by atoms with E-state index in [-0.39, 0.29) is 25.0 Å². The molecule has 0 saturated heterocycles. The van der Waals surface area contributed by atoms with E-state index in [4.69, 9.17) is 9.47 Å². The molecule has 0 aliphatic heterocycles. The van der Waals surface area contributed by atoms with E-state index in [1.165, 1.54) is 0 Å². The molecule has 2 amide bonds. The standard InChI is InChI=1S/C28H31BrN2O4/c1-3-17-30-28(33)24(18-21-9-5-4-6-10-21)31(19-22-13-15-23(29)16-14-22)27(32)20-35-26-12-8-7-11-25(26)34-2/h4-16,24H,3,17-20H2,1-2H3,(H,30,33)/t24-/m0/s1. The topological polar surface area (TPSA) is 67.9 Å². The minimum absolute atomic E-state index is 0.182. The van der Waals surface area contributed by atoms with Gasteiger partial charge in [0.05, 0.1) is 7.11 Å². The van der Waals surface area contributed by atoms with Crippen LogP contribution in [0.5, 0.6) is 11.5 Å². The van der Waals surface area contributed by atoms with E-state index in [2.05, 4.69) is 21.2 Å². The zero-order chi connectivity index (χ0) is 25.0. The van der Waals surface area contributed by atoms with Crippen molar-refractivity contribution in [1.29, 1.82) is 0 Å². The van der Waals surface area contributed by atoms with Gasteiger partial charge in [-0.1, -0.05) is 77.5 Å². The highest BCUT2D eigenvalue weighted by molar-refractivity contribution is 9.10. The molecule has 0 bridgehead atoms. The number of carbonyl (C=O) groups excluding carboxylic acids is 2. The fourth-order valence-electron chi connectivity index (χ4n) is 3.67. The molecule has 0 spiro atoms. The van der Waals surface area contributed by atoms with E-state index < -0.39 is 6.04 Å². The number of methoxy groups -OCH3 is 1. The third kappa shape index (κ3) is 7.86. The molecule has 0 unspecified atom stereocenters. The zero-order valence-corrected chi connectivity index (χ0v) is 21.7. The lowest BCUT2D eigenvalue weighted by Crippen LogP contribution is -2.51. The Kier molecular flexibility index (Phi) is 10.2. The fourth-order valence-corrected chi connectivity index (χ4v) is 3.93. The van der Waals surface area contributed by atoms with Gasteiger partial charge >= 0.3 is 0 Å². The molecule has 1 atom stereocenters. The SMILES string of the molecule is CCCNC(=O)[C@H](Cc1ccccc1)N(Cc1ccc(Br)cc1)C(=O)COc1ccccc1OC. The van der Waals surface area contributed by atoms with Crippen LogP contribution in [0, 0.1) is 0 Å². The van der Waals surface area contributed by atoms with E-state index in [9.17, 15) is 9.59 Å². The van der Waals surface area contributed by atoms with Gasteiger partial charge in [-0.2, -0.15) is 0 Å². The molecule has 0 saturated carbocycles.